The third kappa shape index (κ3) is 8.35. The first-order chi connectivity index (χ1) is 20.6. The normalized spacial score (nSPS) is 12.2. The fraction of sp³-hybridized carbons (Fsp3) is 0.375. The van der Waals surface area contributed by atoms with Crippen molar-refractivity contribution >= 4 is 39.1 Å². The zero-order chi connectivity index (χ0) is 32.8. The third-order valence-electron chi connectivity index (χ3n) is 6.77. The van der Waals surface area contributed by atoms with Gasteiger partial charge in [0.1, 0.15) is 18.3 Å². The van der Waals surface area contributed by atoms with Crippen molar-refractivity contribution in [3.8, 4) is 17.2 Å². The topological polar surface area (TPSA) is 114 Å². The summed E-state index contributed by atoms with van der Waals surface area (Å²) in [5, 5.41) is 3.14. The number of benzene rings is 3. The number of ether oxygens (including phenoxy) is 3. The lowest BCUT2D eigenvalue weighted by atomic mass is 10.1. The summed E-state index contributed by atoms with van der Waals surface area (Å²) in [6, 6.07) is 15.2. The lowest BCUT2D eigenvalue weighted by Gasteiger charge is -2.33. The van der Waals surface area contributed by atoms with Crippen molar-refractivity contribution in [3.05, 3.63) is 76.8 Å². The van der Waals surface area contributed by atoms with Crippen molar-refractivity contribution in [2.45, 2.75) is 57.6 Å². The number of anilines is 1. The fourth-order valence-electron chi connectivity index (χ4n) is 4.42. The highest BCUT2D eigenvalue weighted by Crippen LogP contribution is 2.37. The Balaban J connectivity index is 2.15. The lowest BCUT2D eigenvalue weighted by molar-refractivity contribution is -0.140. The highest BCUT2D eigenvalue weighted by molar-refractivity contribution is 7.92. The van der Waals surface area contributed by atoms with Crippen LogP contribution in [0.25, 0.3) is 0 Å². The Morgan fingerprint density at radius 1 is 0.886 bits per heavy atom. The molecule has 0 saturated carbocycles. The molecule has 0 aliphatic heterocycles. The van der Waals surface area contributed by atoms with E-state index in [9.17, 15) is 18.0 Å². The number of sulfonamides is 1. The van der Waals surface area contributed by atoms with E-state index in [1.54, 1.807) is 13.0 Å². The van der Waals surface area contributed by atoms with Crippen LogP contribution in [0.5, 0.6) is 17.2 Å². The largest absolute Gasteiger partial charge is 0.495 e. The van der Waals surface area contributed by atoms with E-state index in [2.05, 4.69) is 5.32 Å². The van der Waals surface area contributed by atoms with Crippen molar-refractivity contribution in [1.82, 2.24) is 10.2 Å². The van der Waals surface area contributed by atoms with Gasteiger partial charge in [0.2, 0.25) is 11.8 Å². The van der Waals surface area contributed by atoms with Gasteiger partial charge in [0.05, 0.1) is 31.9 Å². The van der Waals surface area contributed by atoms with E-state index in [1.807, 2.05) is 52.0 Å². The van der Waals surface area contributed by atoms with Gasteiger partial charge in [-0.05, 0) is 70.5 Å². The van der Waals surface area contributed by atoms with Gasteiger partial charge in [0.25, 0.3) is 10.0 Å². The monoisotopic (exact) mass is 645 g/mol. The van der Waals surface area contributed by atoms with E-state index in [0.29, 0.717) is 5.75 Å². The molecule has 3 rings (SSSR count). The Bertz CT molecular complexity index is 1590. The molecule has 10 nitrogen and oxygen atoms in total. The average Bonchev–Trinajstić information content (AvgIpc) is 2.97. The summed E-state index contributed by atoms with van der Waals surface area (Å²) in [7, 11) is -0.215. The van der Waals surface area contributed by atoms with Crippen molar-refractivity contribution in [2.24, 2.45) is 0 Å². The number of carbonyl (C=O) groups is 2. The molecule has 1 atom stereocenters. The highest BCUT2D eigenvalue weighted by Gasteiger charge is 2.35. The Morgan fingerprint density at radius 3 is 2.05 bits per heavy atom. The molecule has 2 amide bonds. The van der Waals surface area contributed by atoms with Crippen LogP contribution >= 0.6 is 11.6 Å². The molecule has 0 bridgehead atoms. The molecule has 1 unspecified atom stereocenters. The fourth-order valence-corrected chi connectivity index (χ4v) is 6.02. The second-order valence-electron chi connectivity index (χ2n) is 11.3. The first kappa shape index (κ1) is 34.5. The van der Waals surface area contributed by atoms with Crippen molar-refractivity contribution in [1.29, 1.82) is 0 Å². The number of hydrogen-bond acceptors (Lipinski definition) is 7. The first-order valence-corrected chi connectivity index (χ1v) is 15.7. The molecule has 0 aliphatic carbocycles. The summed E-state index contributed by atoms with van der Waals surface area (Å²) in [5.41, 5.74) is 1.30. The zero-order valence-corrected chi connectivity index (χ0v) is 27.9. The van der Waals surface area contributed by atoms with Gasteiger partial charge in [-0.15, -0.1) is 0 Å². The number of methoxy groups -OCH3 is 3. The molecule has 0 radical (unpaired) electrons. The molecule has 0 fully saturated rings. The molecule has 238 valence electrons. The van der Waals surface area contributed by atoms with Crippen LogP contribution < -0.4 is 23.8 Å². The minimum absolute atomic E-state index is 0.0465. The molecule has 0 spiro atoms. The molecule has 1 N–H and O–H groups in total. The van der Waals surface area contributed by atoms with E-state index >= 15 is 0 Å². The van der Waals surface area contributed by atoms with Crippen LogP contribution in [-0.4, -0.2) is 64.6 Å². The zero-order valence-electron chi connectivity index (χ0n) is 26.3. The minimum atomic E-state index is -4.43. The Morgan fingerprint density at radius 2 is 1.48 bits per heavy atom. The SMILES string of the molecule is COc1ccc(S(=O)(=O)N(CC(=O)N(Cc2ccc(C)cc2)C(C)C(=O)NC(C)(C)C)c2cc(Cl)ccc2OC)cc1OC. The van der Waals surface area contributed by atoms with Crippen LogP contribution in [0.15, 0.2) is 65.6 Å². The number of carbonyl (C=O) groups excluding carboxylic acids is 2. The van der Waals surface area contributed by atoms with E-state index in [4.69, 9.17) is 25.8 Å². The van der Waals surface area contributed by atoms with Gasteiger partial charge in [-0.25, -0.2) is 8.42 Å². The summed E-state index contributed by atoms with van der Waals surface area (Å²) in [5.74, 6) is -0.306. The molecule has 44 heavy (non-hydrogen) atoms. The minimum Gasteiger partial charge on any atom is -0.495 e. The Kier molecular flexibility index (Phi) is 11.2. The maximum absolute atomic E-state index is 14.3. The van der Waals surface area contributed by atoms with Gasteiger partial charge >= 0.3 is 0 Å². The quantitative estimate of drug-likeness (QED) is 0.288. The highest BCUT2D eigenvalue weighted by atomic mass is 35.5. The van der Waals surface area contributed by atoms with E-state index in [1.165, 1.54) is 56.6 Å². The number of nitrogens with zero attached hydrogens (tertiary/aromatic N) is 2. The second kappa shape index (κ2) is 14.2. The summed E-state index contributed by atoms with van der Waals surface area (Å²) in [6.07, 6.45) is 0. The van der Waals surface area contributed by atoms with Crippen LogP contribution in [0.2, 0.25) is 5.02 Å². The third-order valence-corrected chi connectivity index (χ3v) is 8.76. The van der Waals surface area contributed by atoms with Crippen LogP contribution in [0.3, 0.4) is 0 Å². The smallest absolute Gasteiger partial charge is 0.265 e. The number of aryl methyl sites for hydroxylation is 1. The van der Waals surface area contributed by atoms with Gasteiger partial charge in [-0.3, -0.25) is 13.9 Å². The van der Waals surface area contributed by atoms with Gasteiger partial charge < -0.3 is 24.4 Å². The molecule has 0 saturated heterocycles. The number of amides is 2. The molecule has 0 heterocycles. The van der Waals surface area contributed by atoms with Crippen molar-refractivity contribution < 1.29 is 32.2 Å². The van der Waals surface area contributed by atoms with Crippen LogP contribution in [0.1, 0.15) is 38.8 Å². The summed E-state index contributed by atoms with van der Waals surface area (Å²) < 4.78 is 45.6. The Labute approximate surface area is 264 Å². The molecule has 3 aromatic rings. The number of halogens is 1. The van der Waals surface area contributed by atoms with E-state index in [-0.39, 0.29) is 39.6 Å². The summed E-state index contributed by atoms with van der Waals surface area (Å²) in [4.78, 5) is 28.7. The molecule has 0 aromatic heterocycles. The van der Waals surface area contributed by atoms with Crippen LogP contribution in [0.4, 0.5) is 5.69 Å². The maximum Gasteiger partial charge on any atom is 0.265 e. The molecular formula is C32H40ClN3O7S. The Hall–Kier alpha value is -3.96. The van der Waals surface area contributed by atoms with Crippen molar-refractivity contribution in [2.75, 3.05) is 32.2 Å². The number of nitrogens with one attached hydrogen (secondary N) is 1. The van der Waals surface area contributed by atoms with Crippen LogP contribution in [-0.2, 0) is 26.2 Å². The average molecular weight is 646 g/mol. The molecule has 0 aliphatic rings. The van der Waals surface area contributed by atoms with Gasteiger partial charge in [-0.2, -0.15) is 0 Å². The number of hydrogen-bond donors (Lipinski definition) is 1. The maximum atomic E-state index is 14.3. The van der Waals surface area contributed by atoms with Gasteiger partial charge in [0, 0.05) is 23.2 Å². The van der Waals surface area contributed by atoms with E-state index in [0.717, 1.165) is 15.4 Å². The standard InChI is InChI=1S/C32H40ClN3O7S/c1-21-9-11-23(12-10-21)19-35(22(2)31(38)34-32(3,4)5)30(37)20-36(26-17-24(33)13-15-27(26)41-6)44(39,40)25-14-16-28(42-7)29(18-25)43-8/h9-18,22H,19-20H2,1-8H3,(H,34,38). The predicted octanol–water partition coefficient (Wildman–Crippen LogP) is 5.20. The van der Waals surface area contributed by atoms with Gasteiger partial charge in [-0.1, -0.05) is 41.4 Å². The molecule has 3 aromatic carbocycles. The first-order valence-electron chi connectivity index (χ1n) is 13.9. The predicted molar refractivity (Wildman–Crippen MR) is 171 cm³/mol. The summed E-state index contributed by atoms with van der Waals surface area (Å²) in [6.45, 7) is 8.48. The molecule has 12 heteroatoms. The van der Waals surface area contributed by atoms with E-state index < -0.39 is 34.1 Å². The number of rotatable bonds is 12. The van der Waals surface area contributed by atoms with Gasteiger partial charge in [0.15, 0.2) is 11.5 Å². The van der Waals surface area contributed by atoms with Crippen molar-refractivity contribution in [3.63, 3.8) is 0 Å². The molecular weight excluding hydrogens is 606 g/mol. The lowest BCUT2D eigenvalue weighted by Crippen LogP contribution is -2.54. The summed E-state index contributed by atoms with van der Waals surface area (Å²) >= 11 is 6.31. The van der Waals surface area contributed by atoms with Crippen LogP contribution in [0, 0.1) is 6.92 Å². The second-order valence-corrected chi connectivity index (χ2v) is 13.6.